The molecule has 5 rings (SSSR count). The molecule has 48 heavy (non-hydrogen) atoms. The summed E-state index contributed by atoms with van der Waals surface area (Å²) in [5.41, 5.74) is 10.9. The first-order chi connectivity index (χ1) is 22.9. The maximum absolute atomic E-state index is 13.4. The Morgan fingerprint density at radius 1 is 0.875 bits per heavy atom. The van der Waals surface area contributed by atoms with Gasteiger partial charge in [-0.3, -0.25) is 14.5 Å². The zero-order valence-corrected chi connectivity index (χ0v) is 27.4. The molecule has 1 aliphatic rings. The molecule has 3 N–H and O–H groups in total. The van der Waals surface area contributed by atoms with E-state index in [0.717, 1.165) is 52.8 Å². The lowest BCUT2D eigenvalue weighted by atomic mass is 9.82. The summed E-state index contributed by atoms with van der Waals surface area (Å²) in [6.45, 7) is 5.41. The third-order valence-electron chi connectivity index (χ3n) is 9.46. The van der Waals surface area contributed by atoms with Gasteiger partial charge in [0.1, 0.15) is 0 Å². The Labute approximate surface area is 280 Å². The summed E-state index contributed by atoms with van der Waals surface area (Å²) < 4.78 is 40.2. The van der Waals surface area contributed by atoms with Gasteiger partial charge in [0.2, 0.25) is 0 Å². The fourth-order valence-electron chi connectivity index (χ4n) is 6.80. The number of likely N-dealkylation sites (tertiary alicyclic amines) is 1. The predicted molar refractivity (Wildman–Crippen MR) is 182 cm³/mol. The minimum Gasteiger partial charge on any atom is -0.481 e. The summed E-state index contributed by atoms with van der Waals surface area (Å²) in [4.78, 5) is 27.2. The number of carboxylic acid groups (broad SMARTS) is 1. The standard InChI is InChI=1S/C40H43F3N2O3/c1-26(2)6-19-36(45-21-20-28(23-38(46)47)22-37(45)31-15-17-35(18-16-31)40(41,42)43)30-13-11-29(12-14-30)33-4-3-5-34(24-33)39(48)32-9-7-27(25-44)8-10-32/h3-5,7-18,24,26,28,36-37H,6,19-23,25,44H2,1-2H3,(H,46,47)/t28-,36-,37+/m1/s1. The number of carbonyl (C=O) groups excluding carboxylic acids is 1. The lowest BCUT2D eigenvalue weighted by Crippen LogP contribution is -2.40. The first-order valence-electron chi connectivity index (χ1n) is 16.6. The van der Waals surface area contributed by atoms with Gasteiger partial charge >= 0.3 is 12.1 Å². The Morgan fingerprint density at radius 3 is 2.17 bits per heavy atom. The number of halogens is 3. The number of carbonyl (C=O) groups is 2. The van der Waals surface area contributed by atoms with E-state index in [2.05, 4.69) is 43.0 Å². The Morgan fingerprint density at radius 2 is 1.56 bits per heavy atom. The van der Waals surface area contributed by atoms with Gasteiger partial charge in [-0.2, -0.15) is 13.2 Å². The molecule has 4 aromatic carbocycles. The van der Waals surface area contributed by atoms with Crippen molar-refractivity contribution in [1.82, 2.24) is 4.90 Å². The van der Waals surface area contributed by atoms with Crippen molar-refractivity contribution < 1.29 is 27.9 Å². The molecule has 0 spiro atoms. The first kappa shape index (κ1) is 35.0. The zero-order valence-electron chi connectivity index (χ0n) is 27.4. The van der Waals surface area contributed by atoms with Crippen LogP contribution in [0.25, 0.3) is 11.1 Å². The van der Waals surface area contributed by atoms with Crippen molar-refractivity contribution in [2.75, 3.05) is 6.54 Å². The highest BCUT2D eigenvalue weighted by Gasteiger charge is 2.36. The molecule has 0 amide bonds. The number of benzene rings is 4. The SMILES string of the molecule is CC(C)CC[C@H](c1ccc(-c2cccc(C(=O)c3ccc(CN)cc3)c2)cc1)N1CC[C@@H](CC(=O)O)C[C@H]1c1ccc(C(F)(F)F)cc1. The van der Waals surface area contributed by atoms with E-state index in [1.165, 1.54) is 0 Å². The van der Waals surface area contributed by atoms with E-state index in [0.29, 0.717) is 43.0 Å². The highest BCUT2D eigenvalue weighted by molar-refractivity contribution is 6.09. The monoisotopic (exact) mass is 656 g/mol. The number of ketones is 1. The molecule has 4 aromatic rings. The van der Waals surface area contributed by atoms with Crippen molar-refractivity contribution in [1.29, 1.82) is 0 Å². The third-order valence-corrected chi connectivity index (χ3v) is 9.46. The van der Waals surface area contributed by atoms with E-state index >= 15 is 0 Å². The van der Waals surface area contributed by atoms with E-state index < -0.39 is 17.7 Å². The van der Waals surface area contributed by atoms with Gasteiger partial charge in [0, 0.05) is 36.2 Å². The third kappa shape index (κ3) is 8.60. The number of carboxylic acids is 1. The first-order valence-corrected chi connectivity index (χ1v) is 16.6. The Bertz CT molecular complexity index is 1680. The van der Waals surface area contributed by atoms with Crippen molar-refractivity contribution >= 4 is 11.8 Å². The van der Waals surface area contributed by atoms with Gasteiger partial charge in [-0.25, -0.2) is 0 Å². The van der Waals surface area contributed by atoms with Crippen LogP contribution in [0.2, 0.25) is 0 Å². The normalized spacial score (nSPS) is 17.7. The lowest BCUT2D eigenvalue weighted by Gasteiger charge is -2.44. The van der Waals surface area contributed by atoms with Crippen LogP contribution in [-0.4, -0.2) is 28.3 Å². The number of nitrogens with two attached hydrogens (primary N) is 1. The second-order valence-corrected chi connectivity index (χ2v) is 13.3. The van der Waals surface area contributed by atoms with Gasteiger partial charge in [0.25, 0.3) is 0 Å². The van der Waals surface area contributed by atoms with Crippen LogP contribution in [0, 0.1) is 11.8 Å². The van der Waals surface area contributed by atoms with Crippen LogP contribution >= 0.6 is 0 Å². The maximum Gasteiger partial charge on any atom is 0.416 e. The smallest absolute Gasteiger partial charge is 0.416 e. The second-order valence-electron chi connectivity index (χ2n) is 13.3. The highest BCUT2D eigenvalue weighted by atomic mass is 19.4. The molecular formula is C40H43F3N2O3. The van der Waals surface area contributed by atoms with Gasteiger partial charge in [0.15, 0.2) is 5.78 Å². The molecule has 8 heteroatoms. The Kier molecular flexibility index (Phi) is 11.2. The van der Waals surface area contributed by atoms with Gasteiger partial charge in [-0.05, 0) is 90.1 Å². The van der Waals surface area contributed by atoms with Crippen molar-refractivity contribution in [3.8, 4) is 11.1 Å². The topological polar surface area (TPSA) is 83.6 Å². The molecule has 3 atom stereocenters. The van der Waals surface area contributed by atoms with Crippen molar-refractivity contribution in [3.63, 3.8) is 0 Å². The van der Waals surface area contributed by atoms with Crippen LogP contribution < -0.4 is 5.73 Å². The number of nitrogens with zero attached hydrogens (tertiary/aromatic N) is 1. The van der Waals surface area contributed by atoms with Crippen molar-refractivity contribution in [2.24, 2.45) is 17.6 Å². The van der Waals surface area contributed by atoms with E-state index in [9.17, 15) is 27.9 Å². The fourth-order valence-corrected chi connectivity index (χ4v) is 6.80. The van der Waals surface area contributed by atoms with Gasteiger partial charge in [-0.1, -0.05) is 92.7 Å². The van der Waals surface area contributed by atoms with Crippen LogP contribution in [0.5, 0.6) is 0 Å². The van der Waals surface area contributed by atoms with Crippen LogP contribution in [0.1, 0.15) is 96.2 Å². The Balaban J connectivity index is 1.44. The van der Waals surface area contributed by atoms with Crippen molar-refractivity contribution in [2.45, 2.75) is 70.8 Å². The summed E-state index contributed by atoms with van der Waals surface area (Å²) in [5, 5.41) is 9.53. The number of hydrogen-bond acceptors (Lipinski definition) is 4. The molecule has 0 aromatic heterocycles. The number of rotatable bonds is 12. The van der Waals surface area contributed by atoms with Crippen LogP contribution in [0.4, 0.5) is 13.2 Å². The molecule has 0 saturated carbocycles. The number of hydrogen-bond donors (Lipinski definition) is 2. The average Bonchev–Trinajstić information content (AvgIpc) is 3.08. The molecule has 5 nitrogen and oxygen atoms in total. The summed E-state index contributed by atoms with van der Waals surface area (Å²) in [6, 6.07) is 28.3. The van der Waals surface area contributed by atoms with Crippen LogP contribution in [0.3, 0.4) is 0 Å². The van der Waals surface area contributed by atoms with E-state index in [-0.39, 0.29) is 30.2 Å². The second kappa shape index (κ2) is 15.3. The predicted octanol–water partition coefficient (Wildman–Crippen LogP) is 9.47. The van der Waals surface area contributed by atoms with Gasteiger partial charge in [0.05, 0.1) is 5.56 Å². The zero-order chi connectivity index (χ0) is 34.4. The molecular weight excluding hydrogens is 613 g/mol. The maximum atomic E-state index is 13.4. The van der Waals surface area contributed by atoms with E-state index in [1.807, 2.05) is 36.4 Å². The van der Waals surface area contributed by atoms with Crippen LogP contribution in [0.15, 0.2) is 97.1 Å². The summed E-state index contributed by atoms with van der Waals surface area (Å²) >= 11 is 0. The molecule has 1 saturated heterocycles. The highest BCUT2D eigenvalue weighted by Crippen LogP contribution is 2.43. The van der Waals surface area contributed by atoms with E-state index in [4.69, 9.17) is 5.73 Å². The molecule has 252 valence electrons. The van der Waals surface area contributed by atoms with Crippen molar-refractivity contribution in [3.05, 3.63) is 130 Å². The number of piperidine rings is 1. The molecule has 1 fully saturated rings. The van der Waals surface area contributed by atoms with E-state index in [1.54, 1.807) is 24.3 Å². The van der Waals surface area contributed by atoms with Gasteiger partial charge in [-0.15, -0.1) is 0 Å². The summed E-state index contributed by atoms with van der Waals surface area (Å²) in [6.07, 6.45) is -1.32. The number of alkyl halides is 3. The average molecular weight is 657 g/mol. The molecule has 0 unspecified atom stereocenters. The van der Waals surface area contributed by atoms with Crippen LogP contribution in [-0.2, 0) is 17.5 Å². The molecule has 0 aliphatic carbocycles. The fraction of sp³-hybridized carbons (Fsp3) is 0.350. The number of aliphatic carboxylic acids is 1. The summed E-state index contributed by atoms with van der Waals surface area (Å²) in [5.74, 6) is -0.534. The van der Waals surface area contributed by atoms with Gasteiger partial charge < -0.3 is 10.8 Å². The molecule has 1 heterocycles. The quantitative estimate of drug-likeness (QED) is 0.149. The largest absolute Gasteiger partial charge is 0.481 e. The molecule has 1 aliphatic heterocycles. The summed E-state index contributed by atoms with van der Waals surface area (Å²) in [7, 11) is 0. The minimum absolute atomic E-state index is 0.0103. The molecule has 0 radical (unpaired) electrons. The Hall–Kier alpha value is -4.27. The molecule has 0 bridgehead atoms. The lowest BCUT2D eigenvalue weighted by molar-refractivity contribution is -0.139. The minimum atomic E-state index is -4.43.